The van der Waals surface area contributed by atoms with Crippen LogP contribution in [0.15, 0.2) is 17.7 Å². The Kier molecular flexibility index (Phi) is 7.92. The van der Waals surface area contributed by atoms with Crippen molar-refractivity contribution in [2.24, 2.45) is 0 Å². The first-order valence-electron chi connectivity index (χ1n) is 2.94. The first kappa shape index (κ1) is 10.0. The van der Waals surface area contributed by atoms with Crippen molar-refractivity contribution in [3.63, 3.8) is 0 Å². The van der Waals surface area contributed by atoms with Gasteiger partial charge < -0.3 is 0 Å². The van der Waals surface area contributed by atoms with E-state index in [0.717, 1.165) is 7.87 Å². The summed E-state index contributed by atoms with van der Waals surface area (Å²) in [6.45, 7) is 0. The van der Waals surface area contributed by atoms with Crippen LogP contribution in [0.5, 0.6) is 0 Å². The Balaban J connectivity index is 0.000000148. The van der Waals surface area contributed by atoms with E-state index < -0.39 is 19.8 Å². The molecular formula is C6H13P2Sn. The van der Waals surface area contributed by atoms with Crippen LogP contribution in [0.4, 0.5) is 0 Å². The Morgan fingerprint density at radius 1 is 1.33 bits per heavy atom. The molecule has 0 spiro atoms. The molecule has 0 saturated heterocycles. The molecular weight excluding hydrogens is 253 g/mol. The van der Waals surface area contributed by atoms with Gasteiger partial charge in [-0.25, -0.2) is 0 Å². The maximum Gasteiger partial charge on any atom is -0.0306 e. The maximum absolute atomic E-state index is 2.36. The molecule has 0 saturated carbocycles. The fourth-order valence-electron chi connectivity index (χ4n) is 0.215. The van der Waals surface area contributed by atoms with Gasteiger partial charge in [0.15, 0.2) is 0 Å². The summed E-state index contributed by atoms with van der Waals surface area (Å²) in [4.78, 5) is 7.09. The molecule has 1 aromatic rings. The van der Waals surface area contributed by atoms with Crippen LogP contribution in [0, 0.1) is 0 Å². The molecule has 0 aliphatic heterocycles. The molecule has 0 amide bonds. The van der Waals surface area contributed by atoms with E-state index in [2.05, 4.69) is 32.5 Å². The second kappa shape index (κ2) is 7.12. The molecule has 9 heavy (non-hydrogen) atoms. The number of hydrogen-bond acceptors (Lipinski definition) is 0. The summed E-state index contributed by atoms with van der Waals surface area (Å²) in [7, 11) is 2.53. The summed E-state index contributed by atoms with van der Waals surface area (Å²) in [5.74, 6) is 4.36. The van der Waals surface area contributed by atoms with E-state index >= 15 is 0 Å². The molecule has 51 valence electrons. The van der Waals surface area contributed by atoms with Crippen molar-refractivity contribution in [3.05, 3.63) is 17.7 Å². The van der Waals surface area contributed by atoms with Gasteiger partial charge in [0.25, 0.3) is 0 Å². The normalized spacial score (nSPS) is 10.2. The Bertz CT molecular complexity index is 94.6. The fourth-order valence-corrected chi connectivity index (χ4v) is 1.94. The van der Waals surface area contributed by atoms with Crippen molar-refractivity contribution in [2.45, 2.75) is 14.8 Å². The second-order valence-corrected chi connectivity index (χ2v) is 13.5. The summed E-state index contributed by atoms with van der Waals surface area (Å²) < 4.78 is 0. The molecule has 1 radical (unpaired) electrons. The molecule has 0 aliphatic rings. The van der Waals surface area contributed by atoms with E-state index in [1.165, 1.54) is 7.87 Å². The molecule has 1 unspecified atom stereocenters. The first-order valence-corrected chi connectivity index (χ1v) is 14.4. The zero-order valence-electron chi connectivity index (χ0n) is 6.18. The van der Waals surface area contributed by atoms with E-state index in [1.807, 2.05) is 0 Å². The van der Waals surface area contributed by atoms with Gasteiger partial charge in [-0.15, -0.1) is 7.87 Å². The van der Waals surface area contributed by atoms with E-state index in [-0.39, 0.29) is 0 Å². The van der Waals surface area contributed by atoms with Crippen molar-refractivity contribution in [1.82, 2.24) is 0 Å². The summed E-state index contributed by atoms with van der Waals surface area (Å²) in [6.07, 6.45) is 0. The molecule has 0 nitrogen and oxygen atoms in total. The van der Waals surface area contributed by atoms with Gasteiger partial charge in [0.1, 0.15) is 0 Å². The zero-order chi connectivity index (χ0) is 7.11. The average Bonchev–Trinajstić information content (AvgIpc) is 2.11. The van der Waals surface area contributed by atoms with Gasteiger partial charge in [-0.1, -0.05) is 13.9 Å². The molecule has 1 rings (SSSR count). The minimum absolute atomic E-state index is 0.543. The predicted molar refractivity (Wildman–Crippen MR) is 51.8 cm³/mol. The first-order chi connectivity index (χ1) is 4.23. The largest absolute Gasteiger partial charge is 0.111 e. The van der Waals surface area contributed by atoms with Gasteiger partial charge in [-0.2, -0.15) is 0 Å². The number of hydrogen-bond donors (Lipinski definition) is 0. The SMILES string of the molecule is [CH3][Sn]([CH3])[CH3].c1cp[pH]c1. The monoisotopic (exact) mass is 267 g/mol. The smallest absolute Gasteiger partial charge is 0.0306 e. The average molecular weight is 266 g/mol. The van der Waals surface area contributed by atoms with Crippen molar-refractivity contribution in [3.8, 4) is 0 Å². The summed E-state index contributed by atoms with van der Waals surface area (Å²) in [5.41, 5.74) is 0. The molecule has 0 aliphatic carbocycles. The molecule has 0 fully saturated rings. The van der Waals surface area contributed by atoms with Crippen molar-refractivity contribution < 1.29 is 0 Å². The van der Waals surface area contributed by atoms with Crippen LogP contribution in [0.1, 0.15) is 0 Å². The van der Waals surface area contributed by atoms with Crippen LogP contribution in [0.25, 0.3) is 0 Å². The fraction of sp³-hybridized carbons (Fsp3) is 0.500. The third-order valence-electron chi connectivity index (χ3n) is 0.406. The minimum atomic E-state index is -0.543. The van der Waals surface area contributed by atoms with Crippen LogP contribution in [0.3, 0.4) is 0 Å². The Labute approximate surface area is 67.9 Å². The molecule has 1 heterocycles. The van der Waals surface area contributed by atoms with Gasteiger partial charge in [0, 0.05) is 0 Å². The van der Waals surface area contributed by atoms with E-state index in [0.29, 0.717) is 0 Å². The van der Waals surface area contributed by atoms with Crippen molar-refractivity contribution in [1.29, 1.82) is 0 Å². The number of rotatable bonds is 0. The topological polar surface area (TPSA) is 0 Å². The predicted octanol–water partition coefficient (Wildman–Crippen LogP) is 3.67. The van der Waals surface area contributed by atoms with Gasteiger partial charge >= 0.3 is 34.6 Å². The Morgan fingerprint density at radius 2 is 1.89 bits per heavy atom. The molecule has 3 heteroatoms. The molecule has 1 atom stereocenters. The van der Waals surface area contributed by atoms with Crippen molar-refractivity contribution >= 4 is 35.5 Å². The maximum atomic E-state index is 2.36. The summed E-state index contributed by atoms with van der Waals surface area (Å²) in [5, 5.41) is 0. The minimum Gasteiger partial charge on any atom is -0.111 e. The van der Waals surface area contributed by atoms with Crippen molar-refractivity contribution in [2.75, 3.05) is 0 Å². The quantitative estimate of drug-likeness (QED) is 0.628. The molecule has 0 N–H and O–H groups in total. The standard InChI is InChI=1S/C3H4P2.3CH3.Sn/c1-2-4-5-3-1;;;;/h1-4H;3*1H3;. The van der Waals surface area contributed by atoms with Crippen LogP contribution in [-0.2, 0) is 0 Å². The second-order valence-electron chi connectivity index (χ2n) is 2.27. The Morgan fingerprint density at radius 3 is 2.00 bits per heavy atom. The van der Waals surface area contributed by atoms with Gasteiger partial charge in [0.05, 0.1) is 0 Å². The van der Waals surface area contributed by atoms with Crippen LogP contribution < -0.4 is 0 Å². The van der Waals surface area contributed by atoms with Gasteiger partial charge in [0.2, 0.25) is 0 Å². The van der Waals surface area contributed by atoms with Crippen LogP contribution in [0.2, 0.25) is 14.8 Å². The molecule has 1 aromatic heterocycles. The third kappa shape index (κ3) is 12.3. The molecule has 0 aromatic carbocycles. The third-order valence-corrected chi connectivity index (χ3v) is 2.56. The van der Waals surface area contributed by atoms with Gasteiger partial charge in [-0.3, -0.25) is 0 Å². The van der Waals surface area contributed by atoms with Crippen LogP contribution in [-0.4, -0.2) is 19.8 Å². The summed E-state index contributed by atoms with van der Waals surface area (Å²) >= 11 is -0.543. The zero-order valence-corrected chi connectivity index (χ0v) is 10.9. The van der Waals surface area contributed by atoms with E-state index in [1.54, 1.807) is 0 Å². The van der Waals surface area contributed by atoms with E-state index in [9.17, 15) is 0 Å². The van der Waals surface area contributed by atoms with E-state index in [4.69, 9.17) is 0 Å². The Hall–Kier alpha value is 1.01. The van der Waals surface area contributed by atoms with Gasteiger partial charge in [-0.05, 0) is 11.6 Å². The molecule has 0 bridgehead atoms. The summed E-state index contributed by atoms with van der Waals surface area (Å²) in [6, 6.07) is 2.11. The van der Waals surface area contributed by atoms with Crippen LogP contribution >= 0.6 is 15.7 Å².